The first-order chi connectivity index (χ1) is 16.8. The number of rotatable bonds is 7. The Bertz CT molecular complexity index is 1430. The van der Waals surface area contributed by atoms with E-state index in [-0.39, 0.29) is 43.3 Å². The summed E-state index contributed by atoms with van der Waals surface area (Å²) in [5, 5.41) is 2.36. The van der Waals surface area contributed by atoms with Crippen LogP contribution in [0.2, 0.25) is 25.1 Å². The van der Waals surface area contributed by atoms with Crippen molar-refractivity contribution >= 4 is 80.6 Å². The lowest BCUT2D eigenvalue weighted by Crippen LogP contribution is -2.01. The Balaban J connectivity index is 1.56. The Morgan fingerprint density at radius 1 is 0.800 bits per heavy atom. The molecule has 4 rings (SSSR count). The van der Waals surface area contributed by atoms with E-state index in [1.807, 2.05) is 54.6 Å². The van der Waals surface area contributed by atoms with E-state index >= 15 is 0 Å². The molecular formula is C27H17Cl5O3. The van der Waals surface area contributed by atoms with Crippen molar-refractivity contribution in [3.8, 4) is 11.5 Å². The van der Waals surface area contributed by atoms with Crippen LogP contribution in [0.1, 0.15) is 21.5 Å². The van der Waals surface area contributed by atoms with Gasteiger partial charge >= 0.3 is 0 Å². The van der Waals surface area contributed by atoms with Crippen molar-refractivity contribution < 1.29 is 14.3 Å². The molecule has 4 aromatic carbocycles. The lowest BCUT2D eigenvalue weighted by Gasteiger charge is -2.15. The van der Waals surface area contributed by atoms with Crippen molar-refractivity contribution in [2.24, 2.45) is 0 Å². The smallest absolute Gasteiger partial charge is 0.185 e. The van der Waals surface area contributed by atoms with E-state index in [0.717, 1.165) is 16.3 Å². The van der Waals surface area contributed by atoms with E-state index in [2.05, 4.69) is 0 Å². The molecule has 4 aromatic rings. The van der Waals surface area contributed by atoms with Crippen molar-refractivity contribution in [1.29, 1.82) is 0 Å². The molecule has 0 spiro atoms. The zero-order chi connectivity index (χ0) is 25.1. The molecule has 8 heteroatoms. The number of carbonyl (C=O) groups is 1. The number of allylic oxidation sites excluding steroid dienone is 1. The van der Waals surface area contributed by atoms with Gasteiger partial charge in [0.1, 0.15) is 22.4 Å². The van der Waals surface area contributed by atoms with Gasteiger partial charge in [-0.15, -0.1) is 0 Å². The van der Waals surface area contributed by atoms with Crippen molar-refractivity contribution in [2.45, 2.75) is 6.61 Å². The van der Waals surface area contributed by atoms with Crippen LogP contribution in [0.5, 0.6) is 11.5 Å². The van der Waals surface area contributed by atoms with Crippen LogP contribution in [0.3, 0.4) is 0 Å². The minimum atomic E-state index is -0.103. The summed E-state index contributed by atoms with van der Waals surface area (Å²) in [5.74, 6) is 0.594. The van der Waals surface area contributed by atoms with Gasteiger partial charge in [-0.2, -0.15) is 0 Å². The Hall–Kier alpha value is -2.40. The fourth-order valence-corrected chi connectivity index (χ4v) is 4.72. The van der Waals surface area contributed by atoms with Gasteiger partial charge in [-0.25, -0.2) is 0 Å². The van der Waals surface area contributed by atoms with E-state index in [1.165, 1.54) is 6.08 Å². The monoisotopic (exact) mass is 564 g/mol. The first kappa shape index (κ1) is 25.7. The number of hydrogen-bond acceptors (Lipinski definition) is 3. The highest BCUT2D eigenvalue weighted by Gasteiger charge is 2.21. The lowest BCUT2D eigenvalue weighted by atomic mass is 10.0. The molecule has 178 valence electrons. The van der Waals surface area contributed by atoms with E-state index in [0.29, 0.717) is 16.9 Å². The normalized spacial score (nSPS) is 11.3. The molecule has 0 aliphatic carbocycles. The van der Waals surface area contributed by atoms with Crippen LogP contribution in [0, 0.1) is 0 Å². The summed E-state index contributed by atoms with van der Waals surface area (Å²) in [6, 6.07) is 19.0. The molecule has 0 fully saturated rings. The molecule has 0 N–H and O–H groups in total. The molecule has 0 saturated carbocycles. The molecule has 0 radical (unpaired) electrons. The quantitative estimate of drug-likeness (QED) is 0.0967. The van der Waals surface area contributed by atoms with Gasteiger partial charge in [0.05, 0.1) is 22.2 Å². The van der Waals surface area contributed by atoms with E-state index in [1.54, 1.807) is 19.3 Å². The van der Waals surface area contributed by atoms with Crippen LogP contribution >= 0.6 is 58.0 Å². The highest BCUT2D eigenvalue weighted by molar-refractivity contribution is 6.55. The predicted molar refractivity (Wildman–Crippen MR) is 146 cm³/mol. The third-order valence-electron chi connectivity index (χ3n) is 5.31. The Kier molecular flexibility index (Phi) is 8.16. The molecule has 0 aliphatic heterocycles. The Morgan fingerprint density at radius 3 is 2.14 bits per heavy atom. The largest absolute Gasteiger partial charge is 0.496 e. The minimum Gasteiger partial charge on any atom is -0.496 e. The number of halogens is 5. The Morgan fingerprint density at radius 2 is 1.46 bits per heavy atom. The van der Waals surface area contributed by atoms with Gasteiger partial charge in [-0.3, -0.25) is 4.79 Å². The van der Waals surface area contributed by atoms with Crippen molar-refractivity contribution in [3.63, 3.8) is 0 Å². The molecule has 0 heterocycles. The third kappa shape index (κ3) is 5.55. The SMILES string of the molecule is COc1ccc(/C=C/C(=O)c2ccc3ccccc3c2)cc1COc1c(Cl)c(Cl)c(Cl)c(Cl)c1Cl. The second-order valence-corrected chi connectivity index (χ2v) is 9.41. The number of ether oxygens (including phenoxy) is 2. The number of benzene rings is 4. The maximum atomic E-state index is 12.7. The zero-order valence-electron chi connectivity index (χ0n) is 18.2. The van der Waals surface area contributed by atoms with Crippen LogP contribution in [-0.4, -0.2) is 12.9 Å². The number of fused-ring (bicyclic) bond motifs is 1. The summed E-state index contributed by atoms with van der Waals surface area (Å²) in [5.41, 5.74) is 2.09. The summed E-state index contributed by atoms with van der Waals surface area (Å²) in [6.07, 6.45) is 3.26. The number of hydrogen-bond donors (Lipinski definition) is 0. The van der Waals surface area contributed by atoms with Gasteiger partial charge in [-0.05, 0) is 40.6 Å². The number of ketones is 1. The van der Waals surface area contributed by atoms with Gasteiger partial charge in [0, 0.05) is 11.1 Å². The Labute approximate surface area is 227 Å². The molecular weight excluding hydrogens is 550 g/mol. The summed E-state index contributed by atoms with van der Waals surface area (Å²) >= 11 is 30.8. The predicted octanol–water partition coefficient (Wildman–Crippen LogP) is 9.59. The van der Waals surface area contributed by atoms with Gasteiger partial charge in [-0.1, -0.05) is 107 Å². The maximum Gasteiger partial charge on any atom is 0.185 e. The van der Waals surface area contributed by atoms with Crippen LogP contribution in [-0.2, 0) is 6.61 Å². The number of methoxy groups -OCH3 is 1. The molecule has 0 aromatic heterocycles. The van der Waals surface area contributed by atoms with Crippen LogP contribution in [0.25, 0.3) is 16.8 Å². The molecule has 0 aliphatic rings. The van der Waals surface area contributed by atoms with E-state index in [9.17, 15) is 4.79 Å². The topological polar surface area (TPSA) is 35.5 Å². The number of carbonyl (C=O) groups excluding carboxylic acids is 1. The van der Waals surface area contributed by atoms with Crippen molar-refractivity contribution in [2.75, 3.05) is 7.11 Å². The minimum absolute atomic E-state index is 0.0496. The lowest BCUT2D eigenvalue weighted by molar-refractivity contribution is 0.104. The first-order valence-electron chi connectivity index (χ1n) is 10.3. The third-order valence-corrected chi connectivity index (χ3v) is 7.55. The fraction of sp³-hybridized carbons (Fsp3) is 0.0741. The molecule has 35 heavy (non-hydrogen) atoms. The summed E-state index contributed by atoms with van der Waals surface area (Å²) < 4.78 is 11.3. The first-order valence-corrected chi connectivity index (χ1v) is 12.2. The van der Waals surface area contributed by atoms with Crippen LogP contribution in [0.15, 0.2) is 66.7 Å². The zero-order valence-corrected chi connectivity index (χ0v) is 22.0. The van der Waals surface area contributed by atoms with E-state index in [4.69, 9.17) is 67.5 Å². The van der Waals surface area contributed by atoms with Gasteiger partial charge in [0.2, 0.25) is 0 Å². The molecule has 0 bridgehead atoms. The standard InChI is InChI=1S/C27H17Cl5O3/c1-34-21-11-7-15(6-10-20(33)18-9-8-16-4-2-3-5-17(16)13-18)12-19(21)14-35-27-25(31)23(29)22(28)24(30)26(27)32/h2-13H,14H2,1H3/b10-6+. The molecule has 0 atom stereocenters. The van der Waals surface area contributed by atoms with Gasteiger partial charge in [0.15, 0.2) is 11.5 Å². The molecule has 3 nitrogen and oxygen atoms in total. The average Bonchev–Trinajstić information content (AvgIpc) is 2.89. The summed E-state index contributed by atoms with van der Waals surface area (Å²) in [6.45, 7) is 0.0528. The highest BCUT2D eigenvalue weighted by atomic mass is 35.5. The summed E-state index contributed by atoms with van der Waals surface area (Å²) in [4.78, 5) is 12.7. The average molecular weight is 567 g/mol. The maximum absolute atomic E-state index is 12.7. The van der Waals surface area contributed by atoms with Gasteiger partial charge < -0.3 is 9.47 Å². The van der Waals surface area contributed by atoms with Crippen molar-refractivity contribution in [1.82, 2.24) is 0 Å². The second-order valence-electron chi connectivity index (χ2n) is 7.52. The molecule has 0 saturated heterocycles. The van der Waals surface area contributed by atoms with Crippen LogP contribution < -0.4 is 9.47 Å². The second kappa shape index (κ2) is 11.1. The summed E-state index contributed by atoms with van der Waals surface area (Å²) in [7, 11) is 1.55. The molecule has 0 unspecified atom stereocenters. The molecule has 0 amide bonds. The van der Waals surface area contributed by atoms with Crippen molar-refractivity contribution in [3.05, 3.63) is 109 Å². The van der Waals surface area contributed by atoms with E-state index < -0.39 is 0 Å². The highest BCUT2D eigenvalue weighted by Crippen LogP contribution is 2.48. The van der Waals surface area contributed by atoms with Gasteiger partial charge in [0.25, 0.3) is 0 Å². The fourth-order valence-electron chi connectivity index (χ4n) is 3.49. The van der Waals surface area contributed by atoms with Crippen LogP contribution in [0.4, 0.5) is 0 Å².